The number of pyridine rings is 2. The van der Waals surface area contributed by atoms with Gasteiger partial charge in [-0.3, -0.25) is 43.3 Å². The fraction of sp³-hybridized carbons (Fsp3) is 0.538. The van der Waals surface area contributed by atoms with Gasteiger partial charge in [0.25, 0.3) is 5.56 Å². The molecule has 3 atom stereocenters. The highest BCUT2D eigenvalue weighted by Gasteiger charge is 2.49. The summed E-state index contributed by atoms with van der Waals surface area (Å²) < 4.78 is 26.1. The molecule has 0 radical (unpaired) electrons. The Morgan fingerprint density at radius 2 is 1.64 bits per heavy atom. The number of carbonyl (C=O) groups excluding carboxylic acids is 8. The van der Waals surface area contributed by atoms with Crippen LogP contribution < -0.4 is 10.9 Å². The number of amides is 3. The van der Waals surface area contributed by atoms with Crippen LogP contribution in [0.25, 0.3) is 22.3 Å². The largest absolute Gasteiger partial charge is 0.509 e. The minimum Gasteiger partial charge on any atom is -0.508 e. The number of phenols is 1. The minimum absolute atomic E-state index is 0.000554. The molecule has 1 saturated heterocycles. The highest BCUT2D eigenvalue weighted by Crippen LogP contribution is 2.43. The topological polar surface area (TPSA) is 275 Å². The van der Waals surface area contributed by atoms with Crippen LogP contribution in [0.3, 0.4) is 0 Å². The maximum Gasteiger partial charge on any atom is 0.509 e. The van der Waals surface area contributed by atoms with Crippen molar-refractivity contribution in [3.05, 3.63) is 98.6 Å². The van der Waals surface area contributed by atoms with Crippen LogP contribution in [0.5, 0.6) is 5.75 Å². The molecule has 2 aromatic carbocycles. The summed E-state index contributed by atoms with van der Waals surface area (Å²) in [6, 6.07) is 13.4. The lowest BCUT2D eigenvalue weighted by Crippen LogP contribution is -2.46. The van der Waals surface area contributed by atoms with Gasteiger partial charge in [-0.1, -0.05) is 64.3 Å². The molecule has 458 valence electrons. The molecule has 0 bridgehead atoms. The number of imide groups is 1. The zero-order valence-electron chi connectivity index (χ0n) is 49.8. The average molecular weight is 1180 g/mol. The van der Waals surface area contributed by atoms with Crippen molar-refractivity contribution in [3.8, 4) is 17.1 Å². The van der Waals surface area contributed by atoms with Crippen molar-refractivity contribution in [2.75, 3.05) is 38.3 Å². The first-order valence-electron chi connectivity index (χ1n) is 30.6. The van der Waals surface area contributed by atoms with Crippen LogP contribution in [0.2, 0.25) is 0 Å². The summed E-state index contributed by atoms with van der Waals surface area (Å²) in [6.07, 6.45) is 9.53. The highest BCUT2D eigenvalue weighted by molar-refractivity contribution is 6.03. The number of ketones is 4. The van der Waals surface area contributed by atoms with E-state index in [-0.39, 0.29) is 135 Å². The molecule has 3 unspecified atom stereocenters. The Labute approximate surface area is 499 Å². The third-order valence-electron chi connectivity index (χ3n) is 17.5. The first-order chi connectivity index (χ1) is 41.5. The third-order valence-corrected chi connectivity index (χ3v) is 17.5. The van der Waals surface area contributed by atoms with Crippen LogP contribution >= 0.6 is 0 Å². The number of benzene rings is 2. The first-order valence-corrected chi connectivity index (χ1v) is 30.6. The average Bonchev–Trinajstić information content (AvgIpc) is 1.58. The predicted molar refractivity (Wildman–Crippen MR) is 316 cm³/mol. The number of carbonyl (C=O) groups is 8. The number of aromatic nitrogens is 5. The van der Waals surface area contributed by atoms with Gasteiger partial charge in [-0.05, 0) is 111 Å². The quantitative estimate of drug-likeness (QED) is 0.0242. The Morgan fingerprint density at radius 3 is 2.37 bits per heavy atom. The van der Waals surface area contributed by atoms with E-state index in [1.165, 1.54) is 4.90 Å². The number of likely N-dealkylation sites (tertiary alicyclic amines) is 1. The maximum absolute atomic E-state index is 14.2. The number of Topliss-reactive ketones (excluding diaryl/α,β-unsaturated/α-hetero) is 4. The van der Waals surface area contributed by atoms with Crippen LogP contribution in [-0.4, -0.2) is 115 Å². The number of aryl methyl sites for hydroxylation is 2. The van der Waals surface area contributed by atoms with Gasteiger partial charge in [0.05, 0.1) is 42.3 Å². The SMILES string of the molecule is CCCCCC(CC(=O)COCC(=O)CCCOCCn1cc(CCC(=O)C2CCC(CN3C(=O)CC(C)C3=O)CC2)nn1)C(=O)Nc1ccc(COC(=O)OC2(CC)C(=O)CCc3c2cc2n(c3=O)Cc3c-2nc2ccc(O)cc2c3CC)cc1. The molecule has 3 aromatic heterocycles. The van der Waals surface area contributed by atoms with Crippen molar-refractivity contribution in [1.82, 2.24) is 29.4 Å². The van der Waals surface area contributed by atoms with E-state index >= 15 is 0 Å². The molecule has 9 rings (SSSR count). The molecule has 4 aliphatic rings. The van der Waals surface area contributed by atoms with Crippen molar-refractivity contribution in [3.63, 3.8) is 0 Å². The van der Waals surface area contributed by atoms with Crippen molar-refractivity contribution in [1.29, 1.82) is 0 Å². The maximum atomic E-state index is 14.2. The van der Waals surface area contributed by atoms with E-state index in [1.807, 2.05) is 13.8 Å². The van der Waals surface area contributed by atoms with Gasteiger partial charge in [0.15, 0.2) is 23.0 Å². The molecule has 21 heteroatoms. The smallest absolute Gasteiger partial charge is 0.508 e. The van der Waals surface area contributed by atoms with Gasteiger partial charge in [-0.25, -0.2) is 14.5 Å². The molecule has 2 N–H and O–H groups in total. The van der Waals surface area contributed by atoms with Crippen LogP contribution in [-0.2, 0) is 97.1 Å². The lowest BCUT2D eigenvalue weighted by molar-refractivity contribution is -0.144. The molecule has 86 heavy (non-hydrogen) atoms. The Kier molecular flexibility index (Phi) is 20.9. The normalized spacial score (nSPS) is 19.3. The van der Waals surface area contributed by atoms with Crippen LogP contribution in [0.4, 0.5) is 10.5 Å². The van der Waals surface area contributed by atoms with Gasteiger partial charge in [-0.15, -0.1) is 5.10 Å². The fourth-order valence-electron chi connectivity index (χ4n) is 12.6. The molecule has 5 aromatic rings. The highest BCUT2D eigenvalue weighted by atomic mass is 16.7. The number of phenolic OH excluding ortho intramolecular Hbond substituents is 1. The minimum atomic E-state index is -1.77. The second-order valence-corrected chi connectivity index (χ2v) is 23.5. The van der Waals surface area contributed by atoms with Crippen molar-refractivity contribution < 1.29 is 62.4 Å². The number of nitrogens with zero attached hydrogens (tertiary/aromatic N) is 6. The lowest BCUT2D eigenvalue weighted by Gasteiger charge is -2.36. The van der Waals surface area contributed by atoms with E-state index in [0.717, 1.165) is 67.2 Å². The number of anilines is 1. The summed E-state index contributed by atoms with van der Waals surface area (Å²) >= 11 is 0. The second-order valence-electron chi connectivity index (χ2n) is 23.5. The van der Waals surface area contributed by atoms with Gasteiger partial charge < -0.3 is 33.9 Å². The molecule has 21 nitrogen and oxygen atoms in total. The van der Waals surface area contributed by atoms with Crippen molar-refractivity contribution in [2.24, 2.45) is 23.7 Å². The monoisotopic (exact) mass is 1180 g/mol. The molecule has 2 aliphatic carbocycles. The van der Waals surface area contributed by atoms with Crippen LogP contribution in [0.1, 0.15) is 158 Å². The Morgan fingerprint density at radius 1 is 0.860 bits per heavy atom. The summed E-state index contributed by atoms with van der Waals surface area (Å²) in [6.45, 7) is 8.67. The molecule has 0 spiro atoms. The van der Waals surface area contributed by atoms with Gasteiger partial charge in [0, 0.05) is 103 Å². The van der Waals surface area contributed by atoms with Gasteiger partial charge in [0.1, 0.15) is 31.4 Å². The Balaban J connectivity index is 0.666. The first kappa shape index (κ1) is 62.7. The van der Waals surface area contributed by atoms with Crippen molar-refractivity contribution in [2.45, 2.75) is 169 Å². The van der Waals surface area contributed by atoms with E-state index in [4.69, 9.17) is 23.9 Å². The zero-order valence-corrected chi connectivity index (χ0v) is 49.8. The van der Waals surface area contributed by atoms with E-state index in [9.17, 15) is 48.3 Å². The number of unbranched alkanes of at least 4 members (excludes halogenated alkanes) is 2. The molecular formula is C65H79N7O14. The van der Waals surface area contributed by atoms with E-state index in [0.29, 0.717) is 97.7 Å². The van der Waals surface area contributed by atoms with E-state index in [2.05, 4.69) is 15.6 Å². The molecule has 2 aliphatic heterocycles. The standard InChI is InChI=1S/C65H79N7O14/c1-5-8-9-11-44(31-49(75)39-84-38-48(74)12-10-28-83-29-27-70-35-46(68-69-70)21-25-57(76)43-17-13-41(14-18-43)34-72-59(78)30-40(4)62(72)80)61(79)66-45-19-15-42(16-20-45)37-85-64(82)86-65(7-3)54-33-56-60-53(36-71(56)63(81)51(54)23-26-58(65)77)50(6-2)52-32-47(73)22-24-55(52)67-60/h15-16,19-20,22,24,32-33,35,40-41,43-44,73H,5-14,17-18,21,23,25-31,34,36-39H2,1-4H3,(H,66,79). The van der Waals surface area contributed by atoms with Crippen LogP contribution in [0, 0.1) is 23.7 Å². The second kappa shape index (κ2) is 28.6. The van der Waals surface area contributed by atoms with E-state index < -0.39 is 17.7 Å². The zero-order chi connectivity index (χ0) is 61.1. The predicted octanol–water partition coefficient (Wildman–Crippen LogP) is 8.64. The van der Waals surface area contributed by atoms with Gasteiger partial charge in [-0.2, -0.15) is 0 Å². The molecular weight excluding hydrogens is 1100 g/mol. The Hall–Kier alpha value is -7.78. The van der Waals surface area contributed by atoms with Crippen molar-refractivity contribution >= 4 is 63.6 Å². The summed E-state index contributed by atoms with van der Waals surface area (Å²) in [7, 11) is 0. The molecule has 5 heterocycles. The summed E-state index contributed by atoms with van der Waals surface area (Å²) in [4.78, 5) is 125. The summed E-state index contributed by atoms with van der Waals surface area (Å²) in [5.41, 5.74) is 4.04. The Bertz CT molecular complexity index is 3420. The molecule has 3 amide bonds. The molecule has 1 saturated carbocycles. The number of hydrogen-bond acceptors (Lipinski definition) is 17. The third kappa shape index (κ3) is 14.7. The number of nitrogens with one attached hydrogen (secondary N) is 1. The number of fused-ring (bicyclic) bond motifs is 5. The van der Waals surface area contributed by atoms with Crippen LogP contribution in [0.15, 0.2) is 59.5 Å². The fourth-order valence-corrected chi connectivity index (χ4v) is 12.6. The summed E-state index contributed by atoms with van der Waals surface area (Å²) in [5.74, 6) is -1.68. The summed E-state index contributed by atoms with van der Waals surface area (Å²) in [5, 5.41) is 22.3. The number of rotatable bonds is 30. The molecule has 2 fully saturated rings. The lowest BCUT2D eigenvalue weighted by atomic mass is 9.76. The van der Waals surface area contributed by atoms with Gasteiger partial charge >= 0.3 is 6.16 Å². The number of hydrogen-bond donors (Lipinski definition) is 2. The van der Waals surface area contributed by atoms with Gasteiger partial charge in [0.2, 0.25) is 17.7 Å². The number of aromatic hydroxyl groups is 1. The number of ether oxygens (including phenoxy) is 4. The van der Waals surface area contributed by atoms with E-state index in [1.54, 1.807) is 77.8 Å².